The molecule has 0 saturated heterocycles. The molecule has 2 atom stereocenters. The van der Waals surface area contributed by atoms with Crippen LogP contribution in [0, 0.1) is 5.92 Å². The molecule has 2 rings (SSSR count). The number of ether oxygens (including phenoxy) is 1. The quantitative estimate of drug-likeness (QED) is 0.843. The summed E-state index contributed by atoms with van der Waals surface area (Å²) in [6, 6.07) is 9.43. The summed E-state index contributed by atoms with van der Waals surface area (Å²) in [6.45, 7) is 7.61. The molecule has 20 heavy (non-hydrogen) atoms. The molecular weight excluding hydrogens is 246 g/mol. The van der Waals surface area contributed by atoms with E-state index in [1.807, 2.05) is 7.11 Å². The van der Waals surface area contributed by atoms with Crippen LogP contribution in [0.2, 0.25) is 0 Å². The summed E-state index contributed by atoms with van der Waals surface area (Å²) >= 11 is 0. The lowest BCUT2D eigenvalue weighted by atomic mass is 9.76. The fourth-order valence-electron chi connectivity index (χ4n) is 3.27. The molecule has 0 aromatic heterocycles. The van der Waals surface area contributed by atoms with Gasteiger partial charge in [0, 0.05) is 13.2 Å². The molecule has 2 nitrogen and oxygen atoms in total. The van der Waals surface area contributed by atoms with E-state index in [9.17, 15) is 0 Å². The van der Waals surface area contributed by atoms with Crippen LogP contribution in [0.1, 0.15) is 57.2 Å². The van der Waals surface area contributed by atoms with Crippen molar-refractivity contribution in [1.82, 2.24) is 5.32 Å². The fourth-order valence-corrected chi connectivity index (χ4v) is 3.27. The Morgan fingerprint density at radius 1 is 1.30 bits per heavy atom. The molecule has 1 aromatic rings. The van der Waals surface area contributed by atoms with Gasteiger partial charge in [0.25, 0.3) is 0 Å². The van der Waals surface area contributed by atoms with Gasteiger partial charge in [0.15, 0.2) is 0 Å². The van der Waals surface area contributed by atoms with Gasteiger partial charge in [-0.1, -0.05) is 31.2 Å². The van der Waals surface area contributed by atoms with E-state index in [1.165, 1.54) is 30.4 Å². The second-order valence-corrected chi connectivity index (χ2v) is 6.54. The minimum atomic E-state index is -0.00622. The fraction of sp³-hybridized carbons (Fsp3) is 0.667. The van der Waals surface area contributed by atoms with Crippen LogP contribution >= 0.6 is 0 Å². The molecule has 2 unspecified atom stereocenters. The van der Waals surface area contributed by atoms with Crippen molar-refractivity contribution in [2.75, 3.05) is 13.7 Å². The third-order valence-electron chi connectivity index (χ3n) is 4.74. The number of hydrogen-bond acceptors (Lipinski definition) is 2. The van der Waals surface area contributed by atoms with E-state index in [0.29, 0.717) is 6.04 Å². The normalized spacial score (nSPS) is 22.6. The molecule has 1 N–H and O–H groups in total. The Bertz CT molecular complexity index is 427. The van der Waals surface area contributed by atoms with Gasteiger partial charge < -0.3 is 10.1 Å². The van der Waals surface area contributed by atoms with Gasteiger partial charge in [0.2, 0.25) is 0 Å². The number of benzene rings is 1. The van der Waals surface area contributed by atoms with Crippen LogP contribution in [0.15, 0.2) is 24.3 Å². The molecular formula is C18H29NO. The standard InChI is InChI=1S/C18H29NO/c1-5-19-17-15(12-13-18(2,3)20-4)11-10-14-8-6-7-9-16(14)17/h6-9,15,17,19H,5,10-13H2,1-4H3. The van der Waals surface area contributed by atoms with Crippen molar-refractivity contribution in [1.29, 1.82) is 0 Å². The highest BCUT2D eigenvalue weighted by Gasteiger charge is 2.30. The van der Waals surface area contributed by atoms with E-state index in [1.54, 1.807) is 0 Å². The first-order chi connectivity index (χ1) is 9.57. The second kappa shape index (κ2) is 6.73. The SMILES string of the molecule is CCNC1c2ccccc2CCC1CCC(C)(C)OC. The zero-order valence-electron chi connectivity index (χ0n) is 13.4. The van der Waals surface area contributed by atoms with E-state index < -0.39 is 0 Å². The maximum atomic E-state index is 5.57. The van der Waals surface area contributed by atoms with Crippen LogP contribution in [0.4, 0.5) is 0 Å². The minimum Gasteiger partial charge on any atom is -0.379 e. The molecule has 1 aliphatic rings. The van der Waals surface area contributed by atoms with E-state index in [2.05, 4.69) is 50.4 Å². The second-order valence-electron chi connectivity index (χ2n) is 6.54. The Morgan fingerprint density at radius 2 is 2.05 bits per heavy atom. The van der Waals surface area contributed by atoms with Gasteiger partial charge in [-0.15, -0.1) is 0 Å². The van der Waals surface area contributed by atoms with Gasteiger partial charge in [-0.05, 0) is 63.1 Å². The van der Waals surface area contributed by atoms with Gasteiger partial charge in [0.1, 0.15) is 0 Å². The summed E-state index contributed by atoms with van der Waals surface area (Å²) in [5.74, 6) is 0.722. The predicted molar refractivity (Wildman–Crippen MR) is 85.0 cm³/mol. The average molecular weight is 275 g/mol. The number of rotatable bonds is 6. The largest absolute Gasteiger partial charge is 0.379 e. The number of fused-ring (bicyclic) bond motifs is 1. The maximum absolute atomic E-state index is 5.57. The Kier molecular flexibility index (Phi) is 5.22. The van der Waals surface area contributed by atoms with Crippen LogP contribution in [-0.4, -0.2) is 19.3 Å². The molecule has 0 heterocycles. The van der Waals surface area contributed by atoms with Crippen LogP contribution < -0.4 is 5.32 Å². The van der Waals surface area contributed by atoms with Crippen LogP contribution in [0.3, 0.4) is 0 Å². The summed E-state index contributed by atoms with van der Waals surface area (Å²) in [4.78, 5) is 0. The van der Waals surface area contributed by atoms with Crippen LogP contribution in [0.5, 0.6) is 0 Å². The summed E-state index contributed by atoms with van der Waals surface area (Å²) < 4.78 is 5.57. The molecule has 1 aliphatic carbocycles. The van der Waals surface area contributed by atoms with E-state index in [-0.39, 0.29) is 5.60 Å². The molecule has 2 heteroatoms. The molecule has 112 valence electrons. The third kappa shape index (κ3) is 3.62. The lowest BCUT2D eigenvalue weighted by Crippen LogP contribution is -2.34. The van der Waals surface area contributed by atoms with Gasteiger partial charge >= 0.3 is 0 Å². The number of aryl methyl sites for hydroxylation is 1. The van der Waals surface area contributed by atoms with Crippen LogP contribution in [-0.2, 0) is 11.2 Å². The number of nitrogens with one attached hydrogen (secondary N) is 1. The molecule has 0 amide bonds. The van der Waals surface area contributed by atoms with Crippen molar-refractivity contribution in [2.24, 2.45) is 5.92 Å². The zero-order valence-corrected chi connectivity index (χ0v) is 13.4. The molecule has 0 spiro atoms. The van der Waals surface area contributed by atoms with Crippen molar-refractivity contribution in [3.05, 3.63) is 35.4 Å². The van der Waals surface area contributed by atoms with Crippen molar-refractivity contribution in [3.8, 4) is 0 Å². The van der Waals surface area contributed by atoms with E-state index in [4.69, 9.17) is 4.74 Å². The van der Waals surface area contributed by atoms with Gasteiger partial charge in [-0.2, -0.15) is 0 Å². The van der Waals surface area contributed by atoms with Crippen molar-refractivity contribution in [3.63, 3.8) is 0 Å². The van der Waals surface area contributed by atoms with Gasteiger partial charge in [-0.25, -0.2) is 0 Å². The molecule has 0 saturated carbocycles. The van der Waals surface area contributed by atoms with Crippen molar-refractivity contribution >= 4 is 0 Å². The van der Waals surface area contributed by atoms with Crippen molar-refractivity contribution in [2.45, 2.75) is 58.1 Å². The summed E-state index contributed by atoms with van der Waals surface area (Å²) in [7, 11) is 1.82. The molecule has 0 radical (unpaired) electrons. The first-order valence-electron chi connectivity index (χ1n) is 7.93. The number of methoxy groups -OCH3 is 1. The number of hydrogen-bond donors (Lipinski definition) is 1. The summed E-state index contributed by atoms with van der Waals surface area (Å²) in [5, 5.41) is 3.70. The topological polar surface area (TPSA) is 21.3 Å². The highest BCUT2D eigenvalue weighted by atomic mass is 16.5. The lowest BCUT2D eigenvalue weighted by molar-refractivity contribution is 0.00835. The third-order valence-corrected chi connectivity index (χ3v) is 4.74. The maximum Gasteiger partial charge on any atom is 0.0622 e. The first-order valence-corrected chi connectivity index (χ1v) is 7.93. The molecule has 0 bridgehead atoms. The molecule has 1 aromatic carbocycles. The summed E-state index contributed by atoms with van der Waals surface area (Å²) in [6.07, 6.45) is 4.86. The highest BCUT2D eigenvalue weighted by Crippen LogP contribution is 2.38. The Hall–Kier alpha value is -0.860. The van der Waals surface area contributed by atoms with Crippen LogP contribution in [0.25, 0.3) is 0 Å². The molecule has 0 fully saturated rings. The first kappa shape index (κ1) is 15.5. The van der Waals surface area contributed by atoms with Gasteiger partial charge in [0.05, 0.1) is 5.60 Å². The lowest BCUT2D eigenvalue weighted by Gasteiger charge is -2.36. The zero-order chi connectivity index (χ0) is 14.6. The summed E-state index contributed by atoms with van der Waals surface area (Å²) in [5.41, 5.74) is 3.04. The average Bonchev–Trinajstić information content (AvgIpc) is 2.46. The van der Waals surface area contributed by atoms with Crippen molar-refractivity contribution < 1.29 is 4.74 Å². The van der Waals surface area contributed by atoms with E-state index in [0.717, 1.165) is 18.9 Å². The Balaban J connectivity index is 2.10. The highest BCUT2D eigenvalue weighted by molar-refractivity contribution is 5.33. The Morgan fingerprint density at radius 3 is 2.75 bits per heavy atom. The monoisotopic (exact) mass is 275 g/mol. The predicted octanol–water partition coefficient (Wildman–Crippen LogP) is 4.10. The minimum absolute atomic E-state index is 0.00622. The molecule has 0 aliphatic heterocycles. The van der Waals surface area contributed by atoms with E-state index >= 15 is 0 Å². The van der Waals surface area contributed by atoms with Gasteiger partial charge in [-0.3, -0.25) is 0 Å². The Labute approximate surface area is 123 Å². The smallest absolute Gasteiger partial charge is 0.0622 e.